The molecule has 0 aromatic rings. The number of carbonyl (C=O) groups is 1. The SMILES string of the molecule is C=CC(=O)O.CC(C)C(C)C(C)(C)C(C)(O)O. The number of carboxylic acids is 1. The second-order valence-corrected chi connectivity index (χ2v) is 5.32. The van der Waals surface area contributed by atoms with Crippen molar-refractivity contribution in [3.05, 3.63) is 12.7 Å². The molecule has 1 unspecified atom stereocenters. The van der Waals surface area contributed by atoms with Gasteiger partial charge in [-0.2, -0.15) is 0 Å². The van der Waals surface area contributed by atoms with Gasteiger partial charge in [-0.05, 0) is 18.8 Å². The molecule has 0 saturated carbocycles. The summed E-state index contributed by atoms with van der Waals surface area (Å²) in [7, 11) is 0. The minimum atomic E-state index is -1.60. The number of hydrogen-bond donors (Lipinski definition) is 3. The molecule has 0 aliphatic carbocycles. The summed E-state index contributed by atoms with van der Waals surface area (Å²) in [5.41, 5.74) is -0.471. The van der Waals surface area contributed by atoms with E-state index in [1.807, 2.05) is 13.8 Å². The lowest BCUT2D eigenvalue weighted by atomic mass is 9.69. The van der Waals surface area contributed by atoms with Gasteiger partial charge in [0.25, 0.3) is 0 Å². The molecule has 0 heterocycles. The molecular formula is C13H26O4. The van der Waals surface area contributed by atoms with Gasteiger partial charge in [-0.25, -0.2) is 4.79 Å². The Kier molecular flexibility index (Phi) is 7.36. The topological polar surface area (TPSA) is 77.8 Å². The van der Waals surface area contributed by atoms with Crippen LogP contribution in [0.5, 0.6) is 0 Å². The number of hydrogen-bond acceptors (Lipinski definition) is 3. The zero-order valence-electron chi connectivity index (χ0n) is 11.7. The van der Waals surface area contributed by atoms with E-state index in [4.69, 9.17) is 5.11 Å². The summed E-state index contributed by atoms with van der Waals surface area (Å²) in [5, 5.41) is 26.6. The molecule has 0 spiro atoms. The fraction of sp³-hybridized carbons (Fsp3) is 0.769. The van der Waals surface area contributed by atoms with E-state index in [0.717, 1.165) is 6.08 Å². The number of rotatable bonds is 4. The highest BCUT2D eigenvalue weighted by Gasteiger charge is 2.42. The smallest absolute Gasteiger partial charge is 0.327 e. The average Bonchev–Trinajstić information content (AvgIpc) is 2.15. The zero-order valence-corrected chi connectivity index (χ0v) is 11.7. The molecule has 3 N–H and O–H groups in total. The van der Waals surface area contributed by atoms with Crippen molar-refractivity contribution < 1.29 is 20.1 Å². The molecule has 102 valence electrons. The number of aliphatic carboxylic acids is 1. The Balaban J connectivity index is 0. The van der Waals surface area contributed by atoms with E-state index in [0.29, 0.717) is 5.92 Å². The molecule has 0 rings (SSSR count). The van der Waals surface area contributed by atoms with Gasteiger partial charge in [-0.1, -0.05) is 41.2 Å². The first kappa shape index (κ1) is 18.5. The van der Waals surface area contributed by atoms with Gasteiger partial charge < -0.3 is 15.3 Å². The Labute approximate surface area is 104 Å². The Morgan fingerprint density at radius 3 is 1.53 bits per heavy atom. The van der Waals surface area contributed by atoms with Gasteiger partial charge in [0, 0.05) is 11.5 Å². The molecule has 0 fully saturated rings. The Morgan fingerprint density at radius 2 is 1.47 bits per heavy atom. The first-order valence-corrected chi connectivity index (χ1v) is 5.68. The van der Waals surface area contributed by atoms with Crippen LogP contribution in [0, 0.1) is 17.3 Å². The molecule has 17 heavy (non-hydrogen) atoms. The van der Waals surface area contributed by atoms with Gasteiger partial charge in [0.15, 0.2) is 5.79 Å². The van der Waals surface area contributed by atoms with Crippen LogP contribution < -0.4 is 0 Å². The lowest BCUT2D eigenvalue weighted by Gasteiger charge is -2.42. The van der Waals surface area contributed by atoms with Crippen molar-refractivity contribution >= 4 is 5.97 Å². The first-order valence-electron chi connectivity index (χ1n) is 5.68. The zero-order chi connectivity index (χ0) is 14.4. The van der Waals surface area contributed by atoms with E-state index < -0.39 is 17.2 Å². The number of aliphatic hydroxyl groups is 2. The van der Waals surface area contributed by atoms with Crippen molar-refractivity contribution in [3.8, 4) is 0 Å². The van der Waals surface area contributed by atoms with E-state index in [2.05, 4.69) is 27.4 Å². The highest BCUT2D eigenvalue weighted by atomic mass is 16.5. The molecule has 0 amide bonds. The molecule has 0 saturated heterocycles. The molecule has 0 radical (unpaired) electrons. The van der Waals surface area contributed by atoms with Crippen molar-refractivity contribution in [2.75, 3.05) is 0 Å². The van der Waals surface area contributed by atoms with Crippen LogP contribution >= 0.6 is 0 Å². The standard InChI is InChI=1S/C10H22O2.C3H4O2/c1-7(2)8(3)9(4,5)10(6,11)12;1-2-3(4)5/h7-8,11-12H,1-6H3;2H,1H2,(H,4,5). The summed E-state index contributed by atoms with van der Waals surface area (Å²) in [6.07, 6.45) is 0.833. The predicted molar refractivity (Wildman–Crippen MR) is 68.5 cm³/mol. The minimum absolute atomic E-state index is 0.275. The molecule has 0 bridgehead atoms. The van der Waals surface area contributed by atoms with Crippen molar-refractivity contribution in [2.45, 2.75) is 47.3 Å². The Morgan fingerprint density at radius 1 is 1.18 bits per heavy atom. The Hall–Kier alpha value is -0.870. The first-order chi connectivity index (χ1) is 7.37. The summed E-state index contributed by atoms with van der Waals surface area (Å²) in [6, 6.07) is 0. The minimum Gasteiger partial charge on any atom is -0.478 e. The fourth-order valence-corrected chi connectivity index (χ4v) is 1.26. The van der Waals surface area contributed by atoms with Crippen LogP contribution in [-0.2, 0) is 4.79 Å². The third-order valence-corrected chi connectivity index (χ3v) is 3.53. The van der Waals surface area contributed by atoms with Crippen molar-refractivity contribution in [1.82, 2.24) is 0 Å². The lowest BCUT2D eigenvalue weighted by molar-refractivity contribution is -0.237. The second kappa shape index (κ2) is 6.77. The van der Waals surface area contributed by atoms with Crippen LogP contribution in [0.25, 0.3) is 0 Å². The van der Waals surface area contributed by atoms with E-state index in [-0.39, 0.29) is 5.92 Å². The van der Waals surface area contributed by atoms with E-state index in [1.54, 1.807) is 0 Å². The maximum Gasteiger partial charge on any atom is 0.327 e. The summed E-state index contributed by atoms with van der Waals surface area (Å²) >= 11 is 0. The van der Waals surface area contributed by atoms with Gasteiger partial charge in [0.2, 0.25) is 0 Å². The molecular weight excluding hydrogens is 220 g/mol. The Bertz CT molecular complexity index is 249. The quantitative estimate of drug-likeness (QED) is 0.525. The maximum absolute atomic E-state index is 9.52. The average molecular weight is 246 g/mol. The highest BCUT2D eigenvalue weighted by Crippen LogP contribution is 2.39. The van der Waals surface area contributed by atoms with Crippen LogP contribution in [0.3, 0.4) is 0 Å². The third-order valence-electron chi connectivity index (χ3n) is 3.53. The predicted octanol–water partition coefficient (Wildman–Crippen LogP) is 2.26. The lowest BCUT2D eigenvalue weighted by Crippen LogP contribution is -2.47. The van der Waals surface area contributed by atoms with Crippen molar-refractivity contribution in [3.63, 3.8) is 0 Å². The van der Waals surface area contributed by atoms with Gasteiger partial charge >= 0.3 is 5.97 Å². The van der Waals surface area contributed by atoms with Crippen molar-refractivity contribution in [2.24, 2.45) is 17.3 Å². The molecule has 0 aliphatic heterocycles. The molecule has 4 heteroatoms. The van der Waals surface area contributed by atoms with Crippen LogP contribution in [0.1, 0.15) is 41.5 Å². The van der Waals surface area contributed by atoms with Crippen molar-refractivity contribution in [1.29, 1.82) is 0 Å². The van der Waals surface area contributed by atoms with Gasteiger partial charge in [0.1, 0.15) is 0 Å². The monoisotopic (exact) mass is 246 g/mol. The summed E-state index contributed by atoms with van der Waals surface area (Å²) < 4.78 is 0. The third kappa shape index (κ3) is 6.44. The molecule has 0 aromatic heterocycles. The molecule has 0 aromatic carbocycles. The summed E-state index contributed by atoms with van der Waals surface area (Å²) in [4.78, 5) is 9.25. The van der Waals surface area contributed by atoms with Crippen LogP contribution in [0.2, 0.25) is 0 Å². The number of carboxylic acid groups (broad SMARTS) is 1. The van der Waals surface area contributed by atoms with E-state index in [1.165, 1.54) is 6.92 Å². The molecule has 4 nitrogen and oxygen atoms in total. The molecule has 0 aliphatic rings. The summed E-state index contributed by atoms with van der Waals surface area (Å²) in [6.45, 7) is 14.4. The normalized spacial score (nSPS) is 13.7. The van der Waals surface area contributed by atoms with E-state index >= 15 is 0 Å². The summed E-state index contributed by atoms with van der Waals surface area (Å²) in [5.74, 6) is -1.85. The largest absolute Gasteiger partial charge is 0.478 e. The fourth-order valence-electron chi connectivity index (χ4n) is 1.26. The van der Waals surface area contributed by atoms with Crippen LogP contribution in [-0.4, -0.2) is 27.1 Å². The highest BCUT2D eigenvalue weighted by molar-refractivity contribution is 5.78. The van der Waals surface area contributed by atoms with Gasteiger partial charge in [0.05, 0.1) is 0 Å². The molecule has 1 atom stereocenters. The van der Waals surface area contributed by atoms with E-state index in [9.17, 15) is 15.0 Å². The van der Waals surface area contributed by atoms with Gasteiger partial charge in [-0.3, -0.25) is 0 Å². The second-order valence-electron chi connectivity index (χ2n) is 5.32. The maximum atomic E-state index is 9.52. The van der Waals surface area contributed by atoms with Crippen LogP contribution in [0.15, 0.2) is 12.7 Å². The van der Waals surface area contributed by atoms with Gasteiger partial charge in [-0.15, -0.1) is 0 Å². The van der Waals surface area contributed by atoms with Crippen LogP contribution in [0.4, 0.5) is 0 Å².